The highest BCUT2D eigenvalue weighted by Crippen LogP contribution is 2.62. The van der Waals surface area contributed by atoms with E-state index < -0.39 is 34.1 Å². The minimum absolute atomic E-state index is 0.0000495. The first-order chi connectivity index (χ1) is 31.5. The zero-order chi connectivity index (χ0) is 46.1. The van der Waals surface area contributed by atoms with Crippen LogP contribution in [0.2, 0.25) is 0 Å². The van der Waals surface area contributed by atoms with E-state index in [1.807, 2.05) is 12.1 Å². The summed E-state index contributed by atoms with van der Waals surface area (Å²) in [5.74, 6) is -1.26. The lowest BCUT2D eigenvalue weighted by molar-refractivity contribution is -0.250. The van der Waals surface area contributed by atoms with Crippen LogP contribution < -0.4 is 19.5 Å². The molecule has 2 aliphatic carbocycles. The molecular weight excluding hydrogens is 855 g/mol. The van der Waals surface area contributed by atoms with Gasteiger partial charge in [-0.1, -0.05) is 30.1 Å². The number of methoxy groups -OCH3 is 1. The Labute approximate surface area is 381 Å². The van der Waals surface area contributed by atoms with Gasteiger partial charge in [0.25, 0.3) is 0 Å². The first kappa shape index (κ1) is 47.9. The molecule has 0 spiro atoms. The monoisotopic (exact) mass is 915 g/mol. The predicted octanol–water partition coefficient (Wildman–Crippen LogP) is 7.74. The average Bonchev–Trinajstić information content (AvgIpc) is 3.31. The van der Waals surface area contributed by atoms with E-state index in [-0.39, 0.29) is 54.8 Å². The summed E-state index contributed by atoms with van der Waals surface area (Å²) in [6, 6.07) is 15.5. The molecule has 0 radical (unpaired) electrons. The zero-order valence-electron chi connectivity index (χ0n) is 37.4. The van der Waals surface area contributed by atoms with E-state index in [4.69, 9.17) is 33.7 Å². The van der Waals surface area contributed by atoms with E-state index in [9.17, 15) is 28.2 Å². The maximum absolute atomic E-state index is 14.9. The Morgan fingerprint density at radius 1 is 1.02 bits per heavy atom. The van der Waals surface area contributed by atoms with Crippen LogP contribution in [0.25, 0.3) is 0 Å². The van der Waals surface area contributed by atoms with E-state index in [0.717, 1.165) is 36.8 Å². The number of hydrogen-bond acceptors (Lipinski definition) is 13. The first-order valence-corrected chi connectivity index (χ1v) is 23.9. The SMILES string of the molecule is C=CCOC12Oc3ccc(Oc4ccc(OC)c(C=O)c4)cc3C3C(CCCCO)C(CCCCO)C=C(C(=NOC4CCCCO4)CC1N(C)S(=O)(=O)c1ccc(NC(C)=O)cc1)C32. The minimum atomic E-state index is -4.28. The second-order valence-electron chi connectivity index (χ2n) is 17.0. The van der Waals surface area contributed by atoms with Crippen LogP contribution in [0.5, 0.6) is 23.0 Å². The van der Waals surface area contributed by atoms with Crippen molar-refractivity contribution in [3.05, 3.63) is 96.1 Å². The maximum atomic E-state index is 14.9. The number of benzene rings is 3. The second-order valence-corrected chi connectivity index (χ2v) is 19.0. The molecule has 7 rings (SSSR count). The van der Waals surface area contributed by atoms with Gasteiger partial charge >= 0.3 is 0 Å². The molecule has 350 valence electrons. The maximum Gasteiger partial charge on any atom is 0.243 e. The first-order valence-electron chi connectivity index (χ1n) is 22.5. The Bertz CT molecular complexity index is 2330. The molecule has 3 aromatic carbocycles. The Balaban J connectivity index is 1.43. The number of oxime groups is 1. The van der Waals surface area contributed by atoms with E-state index in [2.05, 4.69) is 18.0 Å². The third kappa shape index (κ3) is 10.3. The van der Waals surface area contributed by atoms with Crippen LogP contribution in [0.1, 0.15) is 93.0 Å². The number of aldehydes is 1. The normalized spacial score (nSPS) is 25.4. The van der Waals surface area contributed by atoms with Gasteiger partial charge in [0.05, 0.1) is 48.5 Å². The molecule has 7 atom stereocenters. The summed E-state index contributed by atoms with van der Waals surface area (Å²) in [6.07, 6.45) is 10.6. The highest BCUT2D eigenvalue weighted by atomic mass is 32.2. The second kappa shape index (κ2) is 21.5. The molecule has 4 aliphatic rings. The minimum Gasteiger partial charge on any atom is -0.496 e. The number of carbonyl (C=O) groups excluding carboxylic acids is 2. The molecular formula is C49H61N3O12S. The number of aliphatic hydroxyl groups excluding tert-OH is 2. The van der Waals surface area contributed by atoms with Crippen molar-refractivity contribution in [2.24, 2.45) is 22.9 Å². The van der Waals surface area contributed by atoms with Gasteiger partial charge in [-0.2, -0.15) is 4.31 Å². The third-order valence-electron chi connectivity index (χ3n) is 12.9. The van der Waals surface area contributed by atoms with Gasteiger partial charge in [0.2, 0.25) is 28.0 Å². The fourth-order valence-corrected chi connectivity index (χ4v) is 11.3. The number of nitrogens with one attached hydrogen (secondary N) is 1. The van der Waals surface area contributed by atoms with Crippen LogP contribution in [0.15, 0.2) is 95.0 Å². The van der Waals surface area contributed by atoms with Crippen molar-refractivity contribution in [3.63, 3.8) is 0 Å². The molecule has 2 heterocycles. The van der Waals surface area contributed by atoms with Gasteiger partial charge in [-0.15, -0.1) is 6.58 Å². The summed E-state index contributed by atoms with van der Waals surface area (Å²) in [5.41, 5.74) is 2.95. The molecule has 3 N–H and O–H groups in total. The lowest BCUT2D eigenvalue weighted by Crippen LogP contribution is -2.69. The van der Waals surface area contributed by atoms with Crippen LogP contribution in [0, 0.1) is 17.8 Å². The number of nitrogens with zero attached hydrogens (tertiary/aromatic N) is 2. The average molecular weight is 916 g/mol. The number of anilines is 1. The number of carbonyl (C=O) groups is 2. The summed E-state index contributed by atoms with van der Waals surface area (Å²) >= 11 is 0. The summed E-state index contributed by atoms with van der Waals surface area (Å²) in [7, 11) is -1.26. The number of aliphatic hydroxyl groups is 2. The molecule has 1 amide bonds. The molecule has 2 fully saturated rings. The fourth-order valence-electron chi connectivity index (χ4n) is 9.93. The summed E-state index contributed by atoms with van der Waals surface area (Å²) in [5, 5.41) is 27.4. The zero-order valence-corrected chi connectivity index (χ0v) is 38.2. The van der Waals surface area contributed by atoms with Crippen LogP contribution in [-0.4, -0.2) is 99.5 Å². The van der Waals surface area contributed by atoms with Crippen LogP contribution in [0.3, 0.4) is 0 Å². The molecule has 1 saturated heterocycles. The Kier molecular flexibility index (Phi) is 15.8. The molecule has 16 heteroatoms. The Morgan fingerprint density at radius 2 is 1.75 bits per heavy atom. The highest BCUT2D eigenvalue weighted by molar-refractivity contribution is 7.89. The van der Waals surface area contributed by atoms with Crippen molar-refractivity contribution < 1.29 is 56.7 Å². The Hall–Kier alpha value is -5.10. The van der Waals surface area contributed by atoms with Crippen LogP contribution in [-0.2, 0) is 29.1 Å². The summed E-state index contributed by atoms with van der Waals surface area (Å²) < 4.78 is 63.1. The quantitative estimate of drug-likeness (QED) is 0.0408. The lowest BCUT2D eigenvalue weighted by atomic mass is 9.55. The van der Waals surface area contributed by atoms with Gasteiger partial charge in [-0.25, -0.2) is 8.42 Å². The van der Waals surface area contributed by atoms with Crippen molar-refractivity contribution in [3.8, 4) is 23.0 Å². The number of fused-ring (bicyclic) bond motifs is 2. The number of unbranched alkanes of at least 4 members (excludes halogenated alkanes) is 2. The standard InChI is InChI=1S/C49H61N3O12S/c1-5-25-61-49-45(52(3)65(57,58)38-19-15-35(16-20-38)50-32(2)56)30-42(51-64-46-14-8-11-26-60-46)40-28-33(12-6-9-23-53)39(13-7-10-24-54)47(48(40)49)41-29-37(18-22-44(41)63-49)62-36-17-21-43(59-4)34(27-36)31-55/h5,15-22,27-29,31,33,39,45-48,53-54H,1,6-14,23-26,30H2,2-4H3,(H,50,56). The number of amides is 1. The van der Waals surface area contributed by atoms with E-state index >= 15 is 0 Å². The van der Waals surface area contributed by atoms with Crippen molar-refractivity contribution >= 4 is 33.6 Å². The molecule has 65 heavy (non-hydrogen) atoms. The van der Waals surface area contributed by atoms with E-state index in [1.54, 1.807) is 42.5 Å². The third-order valence-corrected chi connectivity index (χ3v) is 14.8. The van der Waals surface area contributed by atoms with Crippen LogP contribution >= 0.6 is 0 Å². The Morgan fingerprint density at radius 3 is 2.43 bits per heavy atom. The fraction of sp³-hybridized carbons (Fsp3) is 0.490. The van der Waals surface area contributed by atoms with E-state index in [1.165, 1.54) is 37.5 Å². The molecule has 1 saturated carbocycles. The van der Waals surface area contributed by atoms with Crippen molar-refractivity contribution in [1.82, 2.24) is 4.31 Å². The predicted molar refractivity (Wildman–Crippen MR) is 244 cm³/mol. The van der Waals surface area contributed by atoms with Crippen LogP contribution in [0.4, 0.5) is 5.69 Å². The van der Waals surface area contributed by atoms with Gasteiger partial charge in [0.1, 0.15) is 23.0 Å². The van der Waals surface area contributed by atoms with Gasteiger partial charge in [-0.3, -0.25) is 9.59 Å². The van der Waals surface area contributed by atoms with Gasteiger partial charge in [-0.05, 0) is 117 Å². The lowest BCUT2D eigenvalue weighted by Gasteiger charge is -2.59. The number of likely N-dealkylation sites (N-methyl/N-ethyl adjacent to an activating group) is 1. The number of rotatable bonds is 21. The number of ether oxygens (including phenoxy) is 5. The number of hydrogen-bond donors (Lipinski definition) is 3. The molecule has 0 aromatic heterocycles. The molecule has 0 bridgehead atoms. The smallest absolute Gasteiger partial charge is 0.243 e. The van der Waals surface area contributed by atoms with Gasteiger partial charge in [0.15, 0.2) is 6.29 Å². The summed E-state index contributed by atoms with van der Waals surface area (Å²) in [6.45, 7) is 6.00. The van der Waals surface area contributed by atoms with Gasteiger partial charge < -0.3 is 44.1 Å². The molecule has 15 nitrogen and oxygen atoms in total. The van der Waals surface area contributed by atoms with E-state index in [0.29, 0.717) is 85.0 Å². The van der Waals surface area contributed by atoms with Crippen molar-refractivity contribution in [2.45, 2.75) is 100 Å². The molecule has 7 unspecified atom stereocenters. The number of allylic oxidation sites excluding steroid dienone is 1. The van der Waals surface area contributed by atoms with Crippen molar-refractivity contribution in [2.75, 3.05) is 45.9 Å². The van der Waals surface area contributed by atoms with Gasteiger partial charge in [0, 0.05) is 57.2 Å². The largest absolute Gasteiger partial charge is 0.496 e. The summed E-state index contributed by atoms with van der Waals surface area (Å²) in [4.78, 5) is 29.9. The number of sulfonamides is 1. The molecule has 2 aliphatic heterocycles. The molecule has 3 aromatic rings. The van der Waals surface area contributed by atoms with Crippen molar-refractivity contribution in [1.29, 1.82) is 0 Å². The topological polar surface area (TPSA) is 192 Å². The highest BCUT2D eigenvalue weighted by Gasteiger charge is 2.65.